The Balaban J connectivity index is 1.91. The second-order valence-corrected chi connectivity index (χ2v) is 5.15. The van der Waals surface area contributed by atoms with Crippen molar-refractivity contribution < 1.29 is 0 Å². The standard InChI is InChI=1S/C13H23N5/c1-17(2)13-14-8-7-12(16-13)15-10-11-6-4-5-9-18(11)3/h7-8,11H,4-6,9-10H2,1-3H3,(H,14,15,16). The third-order valence-corrected chi connectivity index (χ3v) is 3.48. The topological polar surface area (TPSA) is 44.3 Å². The van der Waals surface area contributed by atoms with Crippen LogP contribution >= 0.6 is 0 Å². The highest BCUT2D eigenvalue weighted by Gasteiger charge is 2.18. The van der Waals surface area contributed by atoms with Crippen LogP contribution in [0.15, 0.2) is 12.3 Å². The fraction of sp³-hybridized carbons (Fsp3) is 0.692. The summed E-state index contributed by atoms with van der Waals surface area (Å²) in [6, 6.07) is 2.55. The summed E-state index contributed by atoms with van der Waals surface area (Å²) in [5.74, 6) is 1.66. The van der Waals surface area contributed by atoms with Gasteiger partial charge in [0.2, 0.25) is 5.95 Å². The van der Waals surface area contributed by atoms with Crippen molar-refractivity contribution in [3.63, 3.8) is 0 Å². The molecule has 1 aromatic rings. The lowest BCUT2D eigenvalue weighted by molar-refractivity contribution is 0.194. The van der Waals surface area contributed by atoms with Crippen molar-refractivity contribution in [2.24, 2.45) is 0 Å². The summed E-state index contributed by atoms with van der Waals surface area (Å²) in [5.41, 5.74) is 0. The summed E-state index contributed by atoms with van der Waals surface area (Å²) in [5, 5.41) is 3.42. The smallest absolute Gasteiger partial charge is 0.226 e. The van der Waals surface area contributed by atoms with Gasteiger partial charge >= 0.3 is 0 Å². The van der Waals surface area contributed by atoms with E-state index in [9.17, 15) is 0 Å². The monoisotopic (exact) mass is 249 g/mol. The summed E-state index contributed by atoms with van der Waals surface area (Å²) in [6.07, 6.45) is 5.74. The Morgan fingerprint density at radius 2 is 2.28 bits per heavy atom. The largest absolute Gasteiger partial charge is 0.368 e. The molecule has 1 unspecified atom stereocenters. The molecule has 0 radical (unpaired) electrons. The molecule has 1 fully saturated rings. The Morgan fingerprint density at radius 3 is 3.00 bits per heavy atom. The van der Waals surface area contributed by atoms with E-state index in [-0.39, 0.29) is 0 Å². The fourth-order valence-electron chi connectivity index (χ4n) is 2.29. The first-order chi connectivity index (χ1) is 8.66. The highest BCUT2D eigenvalue weighted by atomic mass is 15.2. The average Bonchev–Trinajstić information content (AvgIpc) is 2.38. The molecule has 0 spiro atoms. The van der Waals surface area contributed by atoms with Crippen LogP contribution in [0.2, 0.25) is 0 Å². The third kappa shape index (κ3) is 3.32. The van der Waals surface area contributed by atoms with Crippen molar-refractivity contribution in [2.75, 3.05) is 44.4 Å². The van der Waals surface area contributed by atoms with Gasteiger partial charge in [-0.05, 0) is 32.5 Å². The maximum atomic E-state index is 4.47. The zero-order chi connectivity index (χ0) is 13.0. The van der Waals surface area contributed by atoms with Crippen molar-refractivity contribution in [2.45, 2.75) is 25.3 Å². The number of rotatable bonds is 4. The van der Waals surface area contributed by atoms with E-state index < -0.39 is 0 Å². The number of hydrogen-bond acceptors (Lipinski definition) is 5. The highest BCUT2D eigenvalue weighted by Crippen LogP contribution is 2.16. The molecule has 5 heteroatoms. The lowest BCUT2D eigenvalue weighted by Crippen LogP contribution is -2.40. The van der Waals surface area contributed by atoms with Crippen molar-refractivity contribution in [3.05, 3.63) is 12.3 Å². The van der Waals surface area contributed by atoms with Crippen molar-refractivity contribution in [1.82, 2.24) is 14.9 Å². The van der Waals surface area contributed by atoms with Crippen LogP contribution in [-0.4, -0.2) is 55.1 Å². The SMILES string of the molecule is CN(C)c1nccc(NCC2CCCCN2C)n1. The van der Waals surface area contributed by atoms with Crippen LogP contribution in [0.1, 0.15) is 19.3 Å². The molecule has 100 valence electrons. The molecule has 5 nitrogen and oxygen atoms in total. The Bertz CT molecular complexity index is 379. The Morgan fingerprint density at radius 1 is 1.44 bits per heavy atom. The van der Waals surface area contributed by atoms with E-state index in [2.05, 4.69) is 27.2 Å². The highest BCUT2D eigenvalue weighted by molar-refractivity contribution is 5.40. The lowest BCUT2D eigenvalue weighted by Gasteiger charge is -2.32. The fourth-order valence-corrected chi connectivity index (χ4v) is 2.29. The van der Waals surface area contributed by atoms with Crippen LogP contribution in [-0.2, 0) is 0 Å². The summed E-state index contributed by atoms with van der Waals surface area (Å²) in [7, 11) is 6.11. The minimum Gasteiger partial charge on any atom is -0.368 e. The van der Waals surface area contributed by atoms with E-state index in [1.807, 2.05) is 25.1 Å². The minimum atomic E-state index is 0.622. The predicted molar refractivity (Wildman–Crippen MR) is 75.1 cm³/mol. The number of anilines is 2. The lowest BCUT2D eigenvalue weighted by atomic mass is 10.0. The molecule has 18 heavy (non-hydrogen) atoms. The molecule has 1 atom stereocenters. The average molecular weight is 249 g/mol. The summed E-state index contributed by atoms with van der Waals surface area (Å²) in [4.78, 5) is 13.0. The number of likely N-dealkylation sites (N-methyl/N-ethyl adjacent to an activating group) is 1. The van der Waals surface area contributed by atoms with Crippen LogP contribution in [0.25, 0.3) is 0 Å². The third-order valence-electron chi connectivity index (χ3n) is 3.48. The van der Waals surface area contributed by atoms with Gasteiger partial charge in [0.05, 0.1) is 0 Å². The molecule has 0 amide bonds. The van der Waals surface area contributed by atoms with Crippen molar-refractivity contribution in [1.29, 1.82) is 0 Å². The minimum absolute atomic E-state index is 0.622. The number of nitrogens with one attached hydrogen (secondary N) is 1. The van der Waals surface area contributed by atoms with Gasteiger partial charge in [0.25, 0.3) is 0 Å². The van der Waals surface area contributed by atoms with E-state index in [4.69, 9.17) is 0 Å². The number of aromatic nitrogens is 2. The van der Waals surface area contributed by atoms with Crippen LogP contribution in [0.3, 0.4) is 0 Å². The molecule has 0 aliphatic carbocycles. The first-order valence-electron chi connectivity index (χ1n) is 6.61. The van der Waals surface area contributed by atoms with E-state index in [0.717, 1.165) is 18.3 Å². The van der Waals surface area contributed by atoms with Crippen LogP contribution in [0.4, 0.5) is 11.8 Å². The van der Waals surface area contributed by atoms with Crippen LogP contribution in [0, 0.1) is 0 Å². The molecule has 2 heterocycles. The second kappa shape index (κ2) is 6.00. The molecule has 1 N–H and O–H groups in total. The summed E-state index contributed by atoms with van der Waals surface area (Å²) in [6.45, 7) is 2.17. The van der Waals surface area contributed by atoms with E-state index in [1.54, 1.807) is 6.20 Å². The van der Waals surface area contributed by atoms with E-state index in [1.165, 1.54) is 25.8 Å². The zero-order valence-electron chi connectivity index (χ0n) is 11.6. The number of likely N-dealkylation sites (tertiary alicyclic amines) is 1. The van der Waals surface area contributed by atoms with Crippen molar-refractivity contribution in [3.8, 4) is 0 Å². The molecule has 1 aliphatic heterocycles. The number of hydrogen-bond donors (Lipinski definition) is 1. The van der Waals surface area contributed by atoms with Crippen LogP contribution < -0.4 is 10.2 Å². The van der Waals surface area contributed by atoms with Gasteiger partial charge in [-0.2, -0.15) is 4.98 Å². The van der Waals surface area contributed by atoms with Gasteiger partial charge in [0.15, 0.2) is 0 Å². The molecular formula is C13H23N5. The molecule has 1 saturated heterocycles. The summed E-state index contributed by atoms with van der Waals surface area (Å²) >= 11 is 0. The number of nitrogens with zero attached hydrogens (tertiary/aromatic N) is 4. The molecular weight excluding hydrogens is 226 g/mol. The van der Waals surface area contributed by atoms with Gasteiger partial charge in [-0.15, -0.1) is 0 Å². The molecule has 0 bridgehead atoms. The van der Waals surface area contributed by atoms with Gasteiger partial charge < -0.3 is 15.1 Å². The zero-order valence-corrected chi connectivity index (χ0v) is 11.6. The van der Waals surface area contributed by atoms with Gasteiger partial charge in [0, 0.05) is 32.9 Å². The van der Waals surface area contributed by atoms with Crippen molar-refractivity contribution >= 4 is 11.8 Å². The van der Waals surface area contributed by atoms with E-state index >= 15 is 0 Å². The maximum absolute atomic E-state index is 4.47. The molecule has 2 rings (SSSR count). The van der Waals surface area contributed by atoms with Gasteiger partial charge in [-0.25, -0.2) is 4.98 Å². The van der Waals surface area contributed by atoms with E-state index in [0.29, 0.717) is 6.04 Å². The first kappa shape index (κ1) is 13.1. The van der Waals surface area contributed by atoms with Gasteiger partial charge in [-0.3, -0.25) is 0 Å². The molecule has 1 aromatic heterocycles. The predicted octanol–water partition coefficient (Wildman–Crippen LogP) is 1.44. The Hall–Kier alpha value is -1.36. The second-order valence-electron chi connectivity index (χ2n) is 5.15. The Kier molecular flexibility index (Phi) is 4.36. The molecule has 0 aromatic carbocycles. The van der Waals surface area contributed by atoms with Crippen LogP contribution in [0.5, 0.6) is 0 Å². The van der Waals surface area contributed by atoms with Gasteiger partial charge in [0.1, 0.15) is 5.82 Å². The first-order valence-corrected chi connectivity index (χ1v) is 6.61. The Labute approximate surface area is 109 Å². The maximum Gasteiger partial charge on any atom is 0.226 e. The van der Waals surface area contributed by atoms with Gasteiger partial charge in [-0.1, -0.05) is 6.42 Å². The normalized spacial score (nSPS) is 20.7. The quantitative estimate of drug-likeness (QED) is 0.874. The molecule has 0 saturated carbocycles. The summed E-state index contributed by atoms with van der Waals surface area (Å²) < 4.78 is 0. The molecule has 1 aliphatic rings. The number of piperidine rings is 1.